The van der Waals surface area contributed by atoms with E-state index in [4.69, 9.17) is 9.47 Å². The predicted octanol–water partition coefficient (Wildman–Crippen LogP) is 6.98. The minimum atomic E-state index is -0.477. The second-order valence-corrected chi connectivity index (χ2v) is 14.4. The quantitative estimate of drug-likeness (QED) is 0.199. The molecule has 232 valence electrons. The van der Waals surface area contributed by atoms with Crippen LogP contribution in [-0.4, -0.2) is 41.3 Å². The third kappa shape index (κ3) is 5.26. The normalized spacial score (nSPS) is 39.8. The van der Waals surface area contributed by atoms with Gasteiger partial charge in [-0.15, -0.1) is 0 Å². The lowest BCUT2D eigenvalue weighted by Crippen LogP contribution is -2.62. The summed E-state index contributed by atoms with van der Waals surface area (Å²) in [5.41, 5.74) is 0.546. The van der Waals surface area contributed by atoms with Crippen LogP contribution in [0.4, 0.5) is 5.69 Å². The fourth-order valence-corrected chi connectivity index (χ4v) is 10.6. The lowest BCUT2D eigenvalue weighted by Gasteiger charge is -2.64. The Hall–Kier alpha value is -2.48. The number of rotatable bonds is 8. The van der Waals surface area contributed by atoms with Gasteiger partial charge in [0.25, 0.3) is 5.69 Å². The maximum atomic E-state index is 13.0. The van der Waals surface area contributed by atoms with Crippen molar-refractivity contribution in [2.75, 3.05) is 7.11 Å². The number of fused-ring (bicyclic) bond motifs is 5. The highest BCUT2D eigenvalue weighted by Gasteiger charge is 2.65. The molecule has 1 aromatic carbocycles. The Morgan fingerprint density at radius 1 is 1.05 bits per heavy atom. The highest BCUT2D eigenvalue weighted by Crippen LogP contribution is 2.69. The molecular formula is C34H49NO7. The maximum absolute atomic E-state index is 13.0. The lowest BCUT2D eigenvalue weighted by atomic mass is 9.41. The number of carbonyl (C=O) groups excluding carboxylic acids is 2. The molecule has 11 atom stereocenters. The number of hydrogen-bond acceptors (Lipinski definition) is 7. The van der Waals surface area contributed by atoms with E-state index < -0.39 is 10.9 Å². The van der Waals surface area contributed by atoms with E-state index in [0.717, 1.165) is 57.8 Å². The van der Waals surface area contributed by atoms with Crippen LogP contribution in [0.3, 0.4) is 0 Å². The topological polar surface area (TPSA) is 116 Å². The zero-order valence-corrected chi connectivity index (χ0v) is 25.9. The van der Waals surface area contributed by atoms with Gasteiger partial charge < -0.3 is 14.6 Å². The van der Waals surface area contributed by atoms with E-state index in [1.807, 2.05) is 0 Å². The van der Waals surface area contributed by atoms with Gasteiger partial charge in [0.05, 0.1) is 23.7 Å². The van der Waals surface area contributed by atoms with Crippen molar-refractivity contribution in [3.8, 4) is 0 Å². The summed E-state index contributed by atoms with van der Waals surface area (Å²) >= 11 is 0. The fraction of sp³-hybridized carbons (Fsp3) is 0.765. The number of nitro groups is 1. The van der Waals surface area contributed by atoms with Crippen LogP contribution in [0.25, 0.3) is 0 Å². The van der Waals surface area contributed by atoms with Gasteiger partial charge in [0, 0.05) is 18.6 Å². The molecule has 1 aromatic rings. The summed E-state index contributed by atoms with van der Waals surface area (Å²) in [6, 6.07) is 5.59. The van der Waals surface area contributed by atoms with Gasteiger partial charge in [0.15, 0.2) is 0 Å². The molecule has 0 aromatic heterocycles. The number of non-ortho nitro benzene ring substituents is 1. The Kier molecular flexibility index (Phi) is 8.77. The molecule has 0 radical (unpaired) electrons. The number of carbonyl (C=O) groups is 2. The van der Waals surface area contributed by atoms with Crippen molar-refractivity contribution in [3.05, 3.63) is 39.9 Å². The van der Waals surface area contributed by atoms with Crippen LogP contribution in [-0.2, 0) is 14.3 Å². The summed E-state index contributed by atoms with van der Waals surface area (Å²) in [5, 5.41) is 23.1. The highest BCUT2D eigenvalue weighted by atomic mass is 16.6. The number of esters is 2. The molecule has 8 heteroatoms. The third-order valence-electron chi connectivity index (χ3n) is 12.7. The summed E-state index contributed by atoms with van der Waals surface area (Å²) in [6.45, 7) is 9.41. The monoisotopic (exact) mass is 583 g/mol. The van der Waals surface area contributed by atoms with Crippen molar-refractivity contribution in [2.24, 2.45) is 52.3 Å². The third-order valence-corrected chi connectivity index (χ3v) is 12.7. The van der Waals surface area contributed by atoms with Gasteiger partial charge in [-0.2, -0.15) is 0 Å². The second-order valence-electron chi connectivity index (χ2n) is 14.4. The first-order chi connectivity index (χ1) is 19.9. The van der Waals surface area contributed by atoms with Crippen molar-refractivity contribution in [3.63, 3.8) is 0 Å². The molecule has 4 aliphatic rings. The first kappa shape index (κ1) is 31.0. The first-order valence-corrected chi connectivity index (χ1v) is 16.1. The molecule has 2 unspecified atom stereocenters. The van der Waals surface area contributed by atoms with Crippen LogP contribution in [0.1, 0.15) is 102 Å². The Labute approximate surface area is 250 Å². The number of methoxy groups -OCH3 is 1. The number of aliphatic hydroxyl groups excluding tert-OH is 1. The standard InChI is InChI=1S/C34H49NO7/c1-6-24-28-19-23(42-32(38)21-8-10-22(11-9-21)35(39)40)15-17-34(28,4)27-16-18-33(3)25(20(2)7-14-29(36)41-5)12-13-26(33)30(27)31(24)37/h8-11,20,23-28,30-31,37H,6-7,12-19H2,1-5H3/t20-,23-,24-,25-,26-,27?,28+,30?,31-,33-,34-/m1/s1. The fourth-order valence-electron chi connectivity index (χ4n) is 10.6. The van der Waals surface area contributed by atoms with Crippen LogP contribution in [0.15, 0.2) is 24.3 Å². The molecule has 0 saturated heterocycles. The highest BCUT2D eigenvalue weighted by molar-refractivity contribution is 5.89. The molecule has 42 heavy (non-hydrogen) atoms. The minimum Gasteiger partial charge on any atom is -0.469 e. The van der Waals surface area contributed by atoms with Crippen molar-refractivity contribution < 1.29 is 29.1 Å². The van der Waals surface area contributed by atoms with E-state index in [1.54, 1.807) is 0 Å². The SMILES string of the molecule is CC[C@H]1[C@@H](O)C2C(CC[C@@]3(C)[C@@H]2CC[C@@H]3[C@H](C)CCC(=O)OC)[C@@]2(C)CC[C@@H](OC(=O)c3ccc([N+](=O)[O-])cc3)C[C@@H]12. The van der Waals surface area contributed by atoms with Crippen LogP contribution in [0, 0.1) is 62.4 Å². The number of ether oxygens (including phenoxy) is 2. The zero-order chi connectivity index (χ0) is 30.4. The molecular weight excluding hydrogens is 534 g/mol. The molecule has 0 aliphatic heterocycles. The van der Waals surface area contributed by atoms with Gasteiger partial charge in [0.2, 0.25) is 0 Å². The van der Waals surface area contributed by atoms with Gasteiger partial charge in [-0.25, -0.2) is 4.79 Å². The first-order valence-electron chi connectivity index (χ1n) is 16.1. The van der Waals surface area contributed by atoms with Gasteiger partial charge in [0.1, 0.15) is 6.10 Å². The number of nitrogens with zero attached hydrogens (tertiary/aromatic N) is 1. The van der Waals surface area contributed by atoms with Crippen LogP contribution in [0.5, 0.6) is 0 Å². The Morgan fingerprint density at radius 2 is 1.71 bits per heavy atom. The van der Waals surface area contributed by atoms with Crippen molar-refractivity contribution in [2.45, 2.75) is 104 Å². The van der Waals surface area contributed by atoms with E-state index in [9.17, 15) is 24.8 Å². The van der Waals surface area contributed by atoms with E-state index in [1.165, 1.54) is 31.4 Å². The average Bonchev–Trinajstić information content (AvgIpc) is 3.33. The van der Waals surface area contributed by atoms with Gasteiger partial charge in [-0.05, 0) is 116 Å². The zero-order valence-electron chi connectivity index (χ0n) is 25.9. The minimum absolute atomic E-state index is 0.0515. The van der Waals surface area contributed by atoms with Gasteiger partial charge >= 0.3 is 11.9 Å². The Morgan fingerprint density at radius 3 is 2.36 bits per heavy atom. The smallest absolute Gasteiger partial charge is 0.338 e. The molecule has 4 aliphatic carbocycles. The summed E-state index contributed by atoms with van der Waals surface area (Å²) in [4.78, 5) is 35.3. The number of benzene rings is 1. The number of aliphatic hydroxyl groups is 1. The number of hydrogen-bond donors (Lipinski definition) is 1. The van der Waals surface area contributed by atoms with Crippen LogP contribution < -0.4 is 0 Å². The summed E-state index contributed by atoms with van der Waals surface area (Å²) in [6.07, 6.45) is 8.76. The van der Waals surface area contributed by atoms with Crippen molar-refractivity contribution in [1.82, 2.24) is 0 Å². The van der Waals surface area contributed by atoms with Crippen LogP contribution in [0.2, 0.25) is 0 Å². The van der Waals surface area contributed by atoms with E-state index in [2.05, 4.69) is 27.7 Å². The Bertz CT molecular complexity index is 1170. The molecule has 0 amide bonds. The maximum Gasteiger partial charge on any atom is 0.338 e. The molecule has 0 spiro atoms. The molecule has 5 rings (SSSR count). The van der Waals surface area contributed by atoms with Gasteiger partial charge in [-0.1, -0.05) is 34.1 Å². The largest absolute Gasteiger partial charge is 0.469 e. The summed E-state index contributed by atoms with van der Waals surface area (Å²) in [5.74, 6) is 2.10. The van der Waals surface area contributed by atoms with E-state index in [0.29, 0.717) is 35.7 Å². The second kappa shape index (κ2) is 11.9. The summed E-state index contributed by atoms with van der Waals surface area (Å²) < 4.78 is 10.9. The lowest BCUT2D eigenvalue weighted by molar-refractivity contribution is -0.384. The van der Waals surface area contributed by atoms with E-state index in [-0.39, 0.29) is 52.4 Å². The predicted molar refractivity (Wildman–Crippen MR) is 158 cm³/mol. The van der Waals surface area contributed by atoms with Crippen molar-refractivity contribution >= 4 is 17.6 Å². The molecule has 4 saturated carbocycles. The van der Waals surface area contributed by atoms with Crippen LogP contribution >= 0.6 is 0 Å². The molecule has 8 nitrogen and oxygen atoms in total. The molecule has 1 N–H and O–H groups in total. The summed E-state index contributed by atoms with van der Waals surface area (Å²) in [7, 11) is 1.46. The van der Waals surface area contributed by atoms with Crippen molar-refractivity contribution in [1.29, 1.82) is 0 Å². The van der Waals surface area contributed by atoms with Gasteiger partial charge in [-0.3, -0.25) is 14.9 Å². The average molecular weight is 584 g/mol. The number of nitro benzene ring substituents is 1. The Balaban J connectivity index is 1.31. The molecule has 0 heterocycles. The molecule has 4 fully saturated rings. The van der Waals surface area contributed by atoms with E-state index >= 15 is 0 Å². The molecule has 0 bridgehead atoms.